The van der Waals surface area contributed by atoms with E-state index in [4.69, 9.17) is 16.6 Å². The summed E-state index contributed by atoms with van der Waals surface area (Å²) in [6, 6.07) is 0. The molecule has 0 aliphatic carbocycles. The number of guanidine groups is 1. The molecule has 58 valence electrons. The zero-order valence-electron chi connectivity index (χ0n) is 4.98. The zero-order chi connectivity index (χ0) is 7.98. The molecule has 0 heterocycles. The van der Waals surface area contributed by atoms with Crippen molar-refractivity contribution in [3.8, 4) is 0 Å². The summed E-state index contributed by atoms with van der Waals surface area (Å²) in [6.07, 6.45) is -1.17. The first kappa shape index (κ1) is 8.50. The lowest BCUT2D eigenvalue weighted by atomic mass is 11.1. The van der Waals surface area contributed by atoms with Crippen LogP contribution < -0.4 is 11.5 Å². The van der Waals surface area contributed by atoms with E-state index in [1.807, 2.05) is 0 Å². The third kappa shape index (κ3) is 4.65. The van der Waals surface area contributed by atoms with Crippen LogP contribution in [0.15, 0.2) is 5.16 Å². The third-order valence-electron chi connectivity index (χ3n) is 0.408. The van der Waals surface area contributed by atoms with E-state index in [0.717, 1.165) is 0 Å². The Hall–Kier alpha value is -1.50. The predicted octanol–water partition coefficient (Wildman–Crippen LogP) is -1.72. The Morgan fingerprint density at radius 3 is 2.60 bits per heavy atom. The molecule has 0 aliphatic rings. The molecule has 0 unspecified atom stereocenters. The van der Waals surface area contributed by atoms with Gasteiger partial charge in [0.15, 0.2) is 6.79 Å². The molecule has 0 saturated heterocycles. The highest BCUT2D eigenvalue weighted by Gasteiger charge is 2.00. The molecule has 7 heteroatoms. The quantitative estimate of drug-likeness (QED) is 0.107. The number of oxime groups is 1. The molecule has 0 aromatic heterocycles. The molecule has 0 fully saturated rings. The Balaban J connectivity index is 3.49. The Bertz CT molecular complexity index is 141. The third-order valence-corrected chi connectivity index (χ3v) is 0.408. The lowest BCUT2D eigenvalue weighted by Gasteiger charge is -1.95. The van der Waals surface area contributed by atoms with E-state index in [9.17, 15) is 4.79 Å². The average Bonchev–Trinajstić information content (AvgIpc) is 1.85. The molecule has 0 saturated carbocycles. The smallest absolute Gasteiger partial charge is 0.406 e. The van der Waals surface area contributed by atoms with E-state index >= 15 is 0 Å². The van der Waals surface area contributed by atoms with E-state index in [0.29, 0.717) is 0 Å². The van der Waals surface area contributed by atoms with Gasteiger partial charge in [-0.25, -0.2) is 4.79 Å². The number of carbonyl (C=O) groups excluding carboxylic acids is 1. The molecule has 0 bridgehead atoms. The fourth-order valence-electron chi connectivity index (χ4n) is 0.169. The molecule has 0 atom stereocenters. The number of aliphatic hydroxyl groups excluding tert-OH is 1. The summed E-state index contributed by atoms with van der Waals surface area (Å²) < 4.78 is 3.87. The van der Waals surface area contributed by atoms with Gasteiger partial charge in [-0.15, -0.1) is 0 Å². The van der Waals surface area contributed by atoms with Gasteiger partial charge in [0.05, 0.1) is 0 Å². The van der Waals surface area contributed by atoms with E-state index in [-0.39, 0.29) is 0 Å². The van der Waals surface area contributed by atoms with Gasteiger partial charge in [-0.05, 0) is 5.16 Å². The summed E-state index contributed by atoms with van der Waals surface area (Å²) in [7, 11) is 0. The monoisotopic (exact) mass is 149 g/mol. The molecule has 0 spiro atoms. The number of aliphatic hydroxyl groups is 1. The second kappa shape index (κ2) is 4.39. The number of nitrogens with zero attached hydrogens (tertiary/aromatic N) is 1. The highest BCUT2D eigenvalue weighted by Crippen LogP contribution is 1.82. The standard InChI is InChI=1S/C3H7N3O4/c4-2(5)6-10-3(8)9-1-7/h7H,1H2,(H4,4,5,6). The van der Waals surface area contributed by atoms with E-state index in [2.05, 4.69) is 14.7 Å². The number of hydrogen-bond acceptors (Lipinski definition) is 5. The molecule has 0 aliphatic heterocycles. The number of carbonyl (C=O) groups is 1. The fourth-order valence-corrected chi connectivity index (χ4v) is 0.169. The van der Waals surface area contributed by atoms with Gasteiger partial charge in [0.25, 0.3) is 0 Å². The molecule has 0 aromatic carbocycles. The maximum absolute atomic E-state index is 10.1. The van der Waals surface area contributed by atoms with Crippen molar-refractivity contribution in [2.24, 2.45) is 16.6 Å². The highest BCUT2D eigenvalue weighted by molar-refractivity contribution is 5.75. The van der Waals surface area contributed by atoms with Gasteiger partial charge < -0.3 is 21.3 Å². The van der Waals surface area contributed by atoms with Crippen molar-refractivity contribution >= 4 is 12.1 Å². The second-order valence-electron chi connectivity index (χ2n) is 1.13. The van der Waals surface area contributed by atoms with Gasteiger partial charge in [-0.3, -0.25) is 4.84 Å². The summed E-state index contributed by atoms with van der Waals surface area (Å²) in [4.78, 5) is 14.0. The zero-order valence-corrected chi connectivity index (χ0v) is 4.98. The number of nitrogens with two attached hydrogens (primary N) is 2. The molecule has 0 aromatic rings. The number of rotatable bonds is 2. The lowest BCUT2D eigenvalue weighted by Crippen LogP contribution is -2.23. The Morgan fingerprint density at radius 1 is 1.60 bits per heavy atom. The van der Waals surface area contributed by atoms with Crippen LogP contribution in [-0.2, 0) is 9.57 Å². The maximum atomic E-state index is 10.1. The minimum Gasteiger partial charge on any atom is -0.406 e. The normalized spacial score (nSPS) is 8.10. The topological polar surface area (TPSA) is 120 Å². The predicted molar refractivity (Wildman–Crippen MR) is 30.5 cm³/mol. The van der Waals surface area contributed by atoms with Crippen LogP contribution in [0.5, 0.6) is 0 Å². The van der Waals surface area contributed by atoms with Crippen LogP contribution in [0.3, 0.4) is 0 Å². The van der Waals surface area contributed by atoms with E-state index in [1.165, 1.54) is 0 Å². The van der Waals surface area contributed by atoms with Gasteiger partial charge in [0.1, 0.15) is 0 Å². The summed E-state index contributed by atoms with van der Waals surface area (Å²) in [5.41, 5.74) is 9.54. The first-order valence-electron chi connectivity index (χ1n) is 2.20. The second-order valence-corrected chi connectivity index (χ2v) is 1.13. The summed E-state index contributed by atoms with van der Waals surface area (Å²) in [6.45, 7) is -0.779. The van der Waals surface area contributed by atoms with Crippen molar-refractivity contribution in [2.75, 3.05) is 6.79 Å². The van der Waals surface area contributed by atoms with Gasteiger partial charge >= 0.3 is 6.16 Å². The Morgan fingerprint density at radius 2 is 2.20 bits per heavy atom. The Labute approximate surface area is 56.2 Å². The van der Waals surface area contributed by atoms with Gasteiger partial charge in [-0.1, -0.05) is 0 Å². The van der Waals surface area contributed by atoms with Crippen LogP contribution in [-0.4, -0.2) is 24.0 Å². The molecule has 7 nitrogen and oxygen atoms in total. The van der Waals surface area contributed by atoms with E-state index < -0.39 is 18.9 Å². The minimum absolute atomic E-state index is 0.408. The lowest BCUT2D eigenvalue weighted by molar-refractivity contribution is -0.00487. The van der Waals surface area contributed by atoms with Crippen molar-refractivity contribution in [1.29, 1.82) is 0 Å². The van der Waals surface area contributed by atoms with Crippen LogP contribution in [0.1, 0.15) is 0 Å². The van der Waals surface area contributed by atoms with Crippen molar-refractivity contribution in [3.05, 3.63) is 0 Å². The van der Waals surface area contributed by atoms with Crippen molar-refractivity contribution in [2.45, 2.75) is 0 Å². The van der Waals surface area contributed by atoms with Crippen LogP contribution in [0.4, 0.5) is 4.79 Å². The van der Waals surface area contributed by atoms with Crippen LogP contribution in [0.2, 0.25) is 0 Å². The van der Waals surface area contributed by atoms with Crippen LogP contribution in [0.25, 0.3) is 0 Å². The SMILES string of the molecule is NC(N)=NOC(=O)OCO. The first-order valence-corrected chi connectivity index (χ1v) is 2.20. The minimum atomic E-state index is -1.17. The van der Waals surface area contributed by atoms with Crippen molar-refractivity contribution in [1.82, 2.24) is 0 Å². The van der Waals surface area contributed by atoms with Crippen LogP contribution >= 0.6 is 0 Å². The van der Waals surface area contributed by atoms with Gasteiger partial charge in [-0.2, -0.15) is 0 Å². The van der Waals surface area contributed by atoms with Crippen molar-refractivity contribution in [3.63, 3.8) is 0 Å². The number of hydrogen-bond donors (Lipinski definition) is 3. The fraction of sp³-hybridized carbons (Fsp3) is 0.333. The highest BCUT2D eigenvalue weighted by atomic mass is 16.8. The van der Waals surface area contributed by atoms with Crippen molar-refractivity contribution < 1.29 is 19.5 Å². The summed E-state index contributed by atoms with van der Waals surface area (Å²) in [5, 5.41) is 10.8. The summed E-state index contributed by atoms with van der Waals surface area (Å²) in [5.74, 6) is -0.408. The molecular weight excluding hydrogens is 142 g/mol. The molecule has 0 amide bonds. The summed E-state index contributed by atoms with van der Waals surface area (Å²) >= 11 is 0. The molecular formula is C3H7N3O4. The molecule has 0 rings (SSSR count). The van der Waals surface area contributed by atoms with Gasteiger partial charge in [0, 0.05) is 0 Å². The van der Waals surface area contributed by atoms with Crippen LogP contribution in [0, 0.1) is 0 Å². The average molecular weight is 149 g/mol. The molecule has 0 radical (unpaired) electrons. The molecule has 5 N–H and O–H groups in total. The number of ether oxygens (including phenoxy) is 1. The van der Waals surface area contributed by atoms with Gasteiger partial charge in [0.2, 0.25) is 5.96 Å². The maximum Gasteiger partial charge on any atom is 0.537 e. The van der Waals surface area contributed by atoms with E-state index in [1.54, 1.807) is 0 Å². The first-order chi connectivity index (χ1) is 4.66. The molecule has 10 heavy (non-hydrogen) atoms. The largest absolute Gasteiger partial charge is 0.537 e. The Kier molecular flexibility index (Phi) is 3.73.